The van der Waals surface area contributed by atoms with E-state index in [1.807, 2.05) is 30.3 Å². The smallest absolute Gasteiger partial charge is 0.416 e. The summed E-state index contributed by atoms with van der Waals surface area (Å²) < 4.78 is 9.86. The van der Waals surface area contributed by atoms with Crippen molar-refractivity contribution in [2.45, 2.75) is 26.5 Å². The summed E-state index contributed by atoms with van der Waals surface area (Å²) in [6.45, 7) is 4.04. The van der Waals surface area contributed by atoms with Crippen LogP contribution >= 0.6 is 0 Å². The summed E-state index contributed by atoms with van der Waals surface area (Å²) >= 11 is 0. The highest BCUT2D eigenvalue weighted by atomic mass is 16.6. The van der Waals surface area contributed by atoms with Crippen LogP contribution in [0.3, 0.4) is 0 Å². The minimum atomic E-state index is -0.844. The van der Waals surface area contributed by atoms with Crippen LogP contribution in [-0.2, 0) is 20.9 Å². The molecule has 0 radical (unpaired) electrons. The Kier molecular flexibility index (Phi) is 5.56. The summed E-state index contributed by atoms with van der Waals surface area (Å²) in [6, 6.07) is 8.37. The molecule has 2 rings (SSSR count). The molecule has 1 N–H and O–H groups in total. The first kappa shape index (κ1) is 16.8. The molecule has 1 aromatic rings. The fraction of sp³-hybridized carbons (Fsp3) is 0.438. The number of imide groups is 1. The molecule has 1 heterocycles. The number of carbonyl (C=O) groups excluding carboxylic acids is 3. The minimum Gasteiger partial charge on any atom is -0.447 e. The molecule has 3 amide bonds. The number of nitrogens with zero attached hydrogens (tertiary/aromatic N) is 1. The number of hydrogen-bond acceptors (Lipinski definition) is 5. The van der Waals surface area contributed by atoms with Gasteiger partial charge in [0.25, 0.3) is 5.91 Å². The van der Waals surface area contributed by atoms with E-state index in [4.69, 9.17) is 9.47 Å². The van der Waals surface area contributed by atoms with Gasteiger partial charge in [-0.1, -0.05) is 44.2 Å². The molecule has 0 bridgehead atoms. The Balaban J connectivity index is 1.92. The largest absolute Gasteiger partial charge is 0.447 e. The van der Waals surface area contributed by atoms with Crippen LogP contribution in [0.2, 0.25) is 0 Å². The first-order chi connectivity index (χ1) is 11.0. The molecule has 7 nitrogen and oxygen atoms in total. The molecule has 0 aliphatic carbocycles. The molecule has 1 aliphatic heterocycles. The Morgan fingerprint density at radius 1 is 1.30 bits per heavy atom. The zero-order chi connectivity index (χ0) is 16.8. The topological polar surface area (TPSA) is 84.9 Å². The van der Waals surface area contributed by atoms with Crippen LogP contribution in [0.15, 0.2) is 30.3 Å². The maximum atomic E-state index is 12.4. The fourth-order valence-corrected chi connectivity index (χ4v) is 2.17. The number of cyclic esters (lactones) is 1. The van der Waals surface area contributed by atoms with E-state index < -0.39 is 24.1 Å². The highest BCUT2D eigenvalue weighted by Gasteiger charge is 2.36. The minimum absolute atomic E-state index is 0.109. The third-order valence-electron chi connectivity index (χ3n) is 3.45. The zero-order valence-corrected chi connectivity index (χ0v) is 13.2. The van der Waals surface area contributed by atoms with Crippen LogP contribution in [0, 0.1) is 5.92 Å². The van der Waals surface area contributed by atoms with Crippen molar-refractivity contribution in [2.24, 2.45) is 5.92 Å². The van der Waals surface area contributed by atoms with Gasteiger partial charge in [0.1, 0.15) is 19.3 Å². The lowest BCUT2D eigenvalue weighted by Crippen LogP contribution is -2.51. The van der Waals surface area contributed by atoms with E-state index in [1.54, 1.807) is 13.8 Å². The van der Waals surface area contributed by atoms with Crippen molar-refractivity contribution in [3.63, 3.8) is 0 Å². The van der Waals surface area contributed by atoms with Crippen molar-refractivity contribution >= 4 is 18.1 Å². The van der Waals surface area contributed by atoms with Crippen molar-refractivity contribution in [3.05, 3.63) is 35.9 Å². The number of benzene rings is 1. The monoisotopic (exact) mass is 320 g/mol. The van der Waals surface area contributed by atoms with Crippen molar-refractivity contribution in [2.75, 3.05) is 13.2 Å². The van der Waals surface area contributed by atoms with Crippen LogP contribution in [0.5, 0.6) is 0 Å². The molecule has 1 fully saturated rings. The summed E-state index contributed by atoms with van der Waals surface area (Å²) in [4.78, 5) is 36.8. The van der Waals surface area contributed by atoms with Crippen LogP contribution in [0.25, 0.3) is 0 Å². The average Bonchev–Trinajstić information content (AvgIpc) is 2.97. The summed E-state index contributed by atoms with van der Waals surface area (Å²) in [6.07, 6.45) is -1.38. The normalized spacial score (nSPS) is 15.3. The molecule has 23 heavy (non-hydrogen) atoms. The Labute approximate surface area is 134 Å². The number of hydrogen-bond donors (Lipinski definition) is 1. The molecule has 0 saturated carbocycles. The second-order valence-corrected chi connectivity index (χ2v) is 5.53. The first-order valence-electron chi connectivity index (χ1n) is 7.44. The second-order valence-electron chi connectivity index (χ2n) is 5.53. The molecular formula is C16H20N2O5. The summed E-state index contributed by atoms with van der Waals surface area (Å²) in [5.74, 6) is -0.681. The van der Waals surface area contributed by atoms with Crippen LogP contribution < -0.4 is 5.32 Å². The Morgan fingerprint density at radius 3 is 2.57 bits per heavy atom. The fourth-order valence-electron chi connectivity index (χ4n) is 2.17. The van der Waals surface area contributed by atoms with Gasteiger partial charge in [-0.2, -0.15) is 0 Å². The molecule has 1 saturated heterocycles. The van der Waals surface area contributed by atoms with Gasteiger partial charge in [-0.3, -0.25) is 4.79 Å². The lowest BCUT2D eigenvalue weighted by molar-refractivity contribution is -0.130. The van der Waals surface area contributed by atoms with E-state index >= 15 is 0 Å². The van der Waals surface area contributed by atoms with Crippen LogP contribution in [0.4, 0.5) is 9.59 Å². The third kappa shape index (κ3) is 4.45. The van der Waals surface area contributed by atoms with Crippen molar-refractivity contribution < 1.29 is 23.9 Å². The first-order valence-corrected chi connectivity index (χ1v) is 7.44. The number of nitrogens with one attached hydrogen (secondary N) is 1. The van der Waals surface area contributed by atoms with Gasteiger partial charge in [-0.05, 0) is 11.5 Å². The molecule has 1 atom stereocenters. The van der Waals surface area contributed by atoms with Gasteiger partial charge >= 0.3 is 12.2 Å². The lowest BCUT2D eigenvalue weighted by atomic mass is 10.0. The number of ether oxygens (including phenoxy) is 2. The van der Waals surface area contributed by atoms with E-state index in [2.05, 4.69) is 5.32 Å². The molecule has 0 unspecified atom stereocenters. The predicted octanol–water partition coefficient (Wildman–Crippen LogP) is 1.92. The quantitative estimate of drug-likeness (QED) is 0.896. The van der Waals surface area contributed by atoms with Gasteiger partial charge in [0, 0.05) is 0 Å². The van der Waals surface area contributed by atoms with Gasteiger partial charge < -0.3 is 14.8 Å². The van der Waals surface area contributed by atoms with Gasteiger partial charge in [-0.25, -0.2) is 14.5 Å². The predicted molar refractivity (Wildman–Crippen MR) is 81.4 cm³/mol. The number of rotatable bonds is 5. The molecule has 0 aromatic heterocycles. The standard InChI is InChI=1S/C16H20N2O5/c1-11(2)13(14(19)18-8-9-22-16(18)21)17-15(20)23-10-12-6-4-3-5-7-12/h3-7,11,13H,8-10H2,1-2H3,(H,17,20)/t13-/m0/s1. The Bertz CT molecular complexity index is 573. The van der Waals surface area contributed by atoms with Crippen molar-refractivity contribution in [1.29, 1.82) is 0 Å². The highest BCUT2D eigenvalue weighted by molar-refractivity contribution is 5.97. The molecule has 1 aromatic carbocycles. The van der Waals surface area contributed by atoms with E-state index in [-0.39, 0.29) is 25.7 Å². The van der Waals surface area contributed by atoms with Crippen LogP contribution in [-0.4, -0.2) is 42.2 Å². The molecule has 0 spiro atoms. The maximum absolute atomic E-state index is 12.4. The summed E-state index contributed by atoms with van der Waals surface area (Å²) in [5.41, 5.74) is 0.846. The summed E-state index contributed by atoms with van der Waals surface area (Å²) in [5, 5.41) is 2.52. The lowest BCUT2D eigenvalue weighted by Gasteiger charge is -2.24. The van der Waals surface area contributed by atoms with Crippen molar-refractivity contribution in [3.8, 4) is 0 Å². The SMILES string of the molecule is CC(C)[C@H](NC(=O)OCc1ccccc1)C(=O)N1CCOC1=O. The maximum Gasteiger partial charge on any atom is 0.416 e. The summed E-state index contributed by atoms with van der Waals surface area (Å²) in [7, 11) is 0. The highest BCUT2D eigenvalue weighted by Crippen LogP contribution is 2.12. The molecule has 124 valence electrons. The van der Waals surface area contributed by atoms with Crippen LogP contribution in [0.1, 0.15) is 19.4 Å². The van der Waals surface area contributed by atoms with Gasteiger partial charge in [0.15, 0.2) is 0 Å². The van der Waals surface area contributed by atoms with E-state index in [1.165, 1.54) is 0 Å². The molecular weight excluding hydrogens is 300 g/mol. The van der Waals surface area contributed by atoms with Gasteiger partial charge in [0.05, 0.1) is 6.54 Å². The Hall–Kier alpha value is -2.57. The Morgan fingerprint density at radius 2 is 2.00 bits per heavy atom. The zero-order valence-electron chi connectivity index (χ0n) is 13.2. The molecule has 1 aliphatic rings. The number of amides is 3. The number of carbonyl (C=O) groups is 3. The number of alkyl carbamates (subject to hydrolysis) is 1. The van der Waals surface area contributed by atoms with E-state index in [0.717, 1.165) is 10.5 Å². The van der Waals surface area contributed by atoms with Crippen molar-refractivity contribution in [1.82, 2.24) is 10.2 Å². The third-order valence-corrected chi connectivity index (χ3v) is 3.45. The van der Waals surface area contributed by atoms with E-state index in [0.29, 0.717) is 0 Å². The second kappa shape index (κ2) is 7.62. The average molecular weight is 320 g/mol. The molecule has 7 heteroatoms. The van der Waals surface area contributed by atoms with E-state index in [9.17, 15) is 14.4 Å². The van der Waals surface area contributed by atoms with Gasteiger partial charge in [0.2, 0.25) is 0 Å². The van der Waals surface area contributed by atoms with Gasteiger partial charge in [-0.15, -0.1) is 0 Å².